The number of amides is 2. The third kappa shape index (κ3) is 3.62. The summed E-state index contributed by atoms with van der Waals surface area (Å²) in [5, 5.41) is 2.58. The number of para-hydroxylation sites is 1. The Bertz CT molecular complexity index is 758. The summed E-state index contributed by atoms with van der Waals surface area (Å²) >= 11 is 1.54. The molecule has 1 aliphatic heterocycles. The van der Waals surface area contributed by atoms with Crippen LogP contribution in [-0.4, -0.2) is 23.6 Å². The highest BCUT2D eigenvalue weighted by Crippen LogP contribution is 2.31. The lowest BCUT2D eigenvalue weighted by molar-refractivity contribution is -0.117. The second-order valence-electron chi connectivity index (χ2n) is 5.83. The number of hydrogen-bond donors (Lipinski definition) is 1. The van der Waals surface area contributed by atoms with Crippen molar-refractivity contribution in [1.82, 2.24) is 0 Å². The number of carbonyl (C=O) groups excluding carboxylic acids is 2. The van der Waals surface area contributed by atoms with Crippen molar-refractivity contribution < 1.29 is 9.59 Å². The average molecular weight is 340 g/mol. The van der Waals surface area contributed by atoms with E-state index in [2.05, 4.69) is 11.4 Å². The highest BCUT2D eigenvalue weighted by Gasteiger charge is 2.28. The zero-order chi connectivity index (χ0) is 17.1. The monoisotopic (exact) mass is 340 g/mol. The molecular weight excluding hydrogens is 320 g/mol. The van der Waals surface area contributed by atoms with Crippen molar-refractivity contribution in [3.63, 3.8) is 0 Å². The highest BCUT2D eigenvalue weighted by atomic mass is 32.2. The van der Waals surface area contributed by atoms with E-state index < -0.39 is 0 Å². The van der Waals surface area contributed by atoms with Crippen LogP contribution in [0.2, 0.25) is 0 Å². The molecule has 0 fully saturated rings. The van der Waals surface area contributed by atoms with Crippen molar-refractivity contribution in [2.45, 2.75) is 30.4 Å². The van der Waals surface area contributed by atoms with Gasteiger partial charge in [0.15, 0.2) is 0 Å². The number of fused-ring (bicyclic) bond motifs is 1. The molecule has 2 amide bonds. The predicted octanol–water partition coefficient (Wildman–Crippen LogP) is 3.71. The van der Waals surface area contributed by atoms with Gasteiger partial charge in [-0.3, -0.25) is 9.59 Å². The van der Waals surface area contributed by atoms with Gasteiger partial charge in [0.05, 0.1) is 5.25 Å². The van der Waals surface area contributed by atoms with Crippen LogP contribution in [-0.2, 0) is 16.0 Å². The third-order valence-electron chi connectivity index (χ3n) is 3.99. The van der Waals surface area contributed by atoms with Crippen molar-refractivity contribution in [1.29, 1.82) is 0 Å². The second-order valence-corrected chi connectivity index (χ2v) is 7.25. The van der Waals surface area contributed by atoms with Crippen LogP contribution in [0.1, 0.15) is 19.4 Å². The molecule has 0 saturated carbocycles. The highest BCUT2D eigenvalue weighted by molar-refractivity contribution is 8.00. The first-order valence-electron chi connectivity index (χ1n) is 7.98. The second kappa shape index (κ2) is 7.09. The minimum absolute atomic E-state index is 0.0911. The number of thioether (sulfide) groups is 1. The standard InChI is InChI=1S/C19H20N2O2S/c1-13(24-17-9-7-16(8-10-17)20-14(2)22)19(23)21-12-11-15-5-3-4-6-18(15)21/h3-10,13H,11-12H2,1-2H3,(H,20,22)/t13-/m0/s1. The Hall–Kier alpha value is -2.27. The van der Waals surface area contributed by atoms with Crippen LogP contribution >= 0.6 is 11.8 Å². The summed E-state index contributed by atoms with van der Waals surface area (Å²) in [6.45, 7) is 4.18. The molecular formula is C19H20N2O2S. The summed E-state index contributed by atoms with van der Waals surface area (Å²) in [4.78, 5) is 26.7. The largest absolute Gasteiger partial charge is 0.326 e. The minimum atomic E-state index is -0.164. The van der Waals surface area contributed by atoms with E-state index in [-0.39, 0.29) is 17.1 Å². The smallest absolute Gasteiger partial charge is 0.240 e. The Morgan fingerprint density at radius 1 is 1.12 bits per heavy atom. The van der Waals surface area contributed by atoms with Gasteiger partial charge in [-0.25, -0.2) is 0 Å². The maximum atomic E-state index is 12.8. The van der Waals surface area contributed by atoms with Crippen molar-refractivity contribution in [3.05, 3.63) is 54.1 Å². The van der Waals surface area contributed by atoms with E-state index in [0.717, 1.165) is 29.2 Å². The van der Waals surface area contributed by atoms with Crippen LogP contribution in [0, 0.1) is 0 Å². The molecule has 24 heavy (non-hydrogen) atoms. The summed E-state index contributed by atoms with van der Waals surface area (Å²) in [6.07, 6.45) is 0.921. The van der Waals surface area contributed by atoms with Crippen LogP contribution in [0.4, 0.5) is 11.4 Å². The van der Waals surface area contributed by atoms with Gasteiger partial charge in [-0.05, 0) is 49.2 Å². The molecule has 0 aromatic heterocycles. The fourth-order valence-corrected chi connectivity index (χ4v) is 3.79. The average Bonchev–Trinajstić information content (AvgIpc) is 2.99. The molecule has 0 saturated heterocycles. The summed E-state index contributed by atoms with van der Waals surface area (Å²) in [5.74, 6) is 0.0440. The molecule has 3 rings (SSSR count). The predicted molar refractivity (Wildman–Crippen MR) is 98.6 cm³/mol. The lowest BCUT2D eigenvalue weighted by Crippen LogP contribution is -2.35. The molecule has 2 aromatic carbocycles. The lowest BCUT2D eigenvalue weighted by Gasteiger charge is -2.21. The Balaban J connectivity index is 1.66. The quantitative estimate of drug-likeness (QED) is 0.863. The van der Waals surface area contributed by atoms with E-state index in [1.807, 2.05) is 54.3 Å². The zero-order valence-corrected chi connectivity index (χ0v) is 14.6. The molecule has 4 nitrogen and oxygen atoms in total. The molecule has 0 spiro atoms. The number of rotatable bonds is 4. The Kier molecular flexibility index (Phi) is 4.90. The van der Waals surface area contributed by atoms with E-state index in [4.69, 9.17) is 0 Å². The molecule has 5 heteroatoms. The molecule has 1 N–H and O–H groups in total. The van der Waals surface area contributed by atoms with Gasteiger partial charge in [-0.15, -0.1) is 11.8 Å². The number of benzene rings is 2. The SMILES string of the molecule is CC(=O)Nc1ccc(S[C@@H](C)C(=O)N2CCc3ccccc32)cc1. The van der Waals surface area contributed by atoms with Crippen LogP contribution in [0.25, 0.3) is 0 Å². The Morgan fingerprint density at radius 3 is 2.54 bits per heavy atom. The number of hydrogen-bond acceptors (Lipinski definition) is 3. The van der Waals surface area contributed by atoms with Gasteiger partial charge in [0.1, 0.15) is 0 Å². The first-order valence-corrected chi connectivity index (χ1v) is 8.86. The molecule has 1 aliphatic rings. The van der Waals surface area contributed by atoms with Crippen molar-refractivity contribution in [3.8, 4) is 0 Å². The van der Waals surface area contributed by atoms with E-state index in [9.17, 15) is 9.59 Å². The van der Waals surface area contributed by atoms with Gasteiger partial charge in [0.25, 0.3) is 0 Å². The molecule has 0 radical (unpaired) electrons. The van der Waals surface area contributed by atoms with Crippen LogP contribution in [0.15, 0.2) is 53.4 Å². The number of anilines is 2. The Labute approximate surface area is 146 Å². The van der Waals surface area contributed by atoms with Gasteiger partial charge in [-0.2, -0.15) is 0 Å². The maximum absolute atomic E-state index is 12.8. The fraction of sp³-hybridized carbons (Fsp3) is 0.263. The molecule has 1 atom stereocenters. The topological polar surface area (TPSA) is 49.4 Å². The maximum Gasteiger partial charge on any atom is 0.240 e. The van der Waals surface area contributed by atoms with Crippen molar-refractivity contribution in [2.24, 2.45) is 0 Å². The number of nitrogens with one attached hydrogen (secondary N) is 1. The van der Waals surface area contributed by atoms with E-state index in [1.165, 1.54) is 24.2 Å². The molecule has 0 unspecified atom stereocenters. The molecule has 2 aromatic rings. The van der Waals surface area contributed by atoms with Gasteiger partial charge in [-0.1, -0.05) is 18.2 Å². The number of carbonyl (C=O) groups is 2. The van der Waals surface area contributed by atoms with Crippen molar-refractivity contribution >= 4 is 35.0 Å². The fourth-order valence-electron chi connectivity index (χ4n) is 2.86. The van der Waals surface area contributed by atoms with Gasteiger partial charge >= 0.3 is 0 Å². The first-order chi connectivity index (χ1) is 11.5. The van der Waals surface area contributed by atoms with E-state index >= 15 is 0 Å². The third-order valence-corrected chi connectivity index (χ3v) is 5.09. The first kappa shape index (κ1) is 16.6. The molecule has 0 aliphatic carbocycles. The minimum Gasteiger partial charge on any atom is -0.326 e. The summed E-state index contributed by atoms with van der Waals surface area (Å²) < 4.78 is 0. The molecule has 0 bridgehead atoms. The summed E-state index contributed by atoms with van der Waals surface area (Å²) in [5.41, 5.74) is 3.04. The van der Waals surface area contributed by atoms with Crippen LogP contribution in [0.5, 0.6) is 0 Å². The lowest BCUT2D eigenvalue weighted by atomic mass is 10.2. The number of nitrogens with zero attached hydrogens (tertiary/aromatic N) is 1. The molecule has 1 heterocycles. The summed E-state index contributed by atoms with van der Waals surface area (Å²) in [6, 6.07) is 15.7. The van der Waals surface area contributed by atoms with Gasteiger partial charge < -0.3 is 10.2 Å². The van der Waals surface area contributed by atoms with Gasteiger partial charge in [0, 0.05) is 29.7 Å². The summed E-state index contributed by atoms with van der Waals surface area (Å²) in [7, 11) is 0. The Morgan fingerprint density at radius 2 is 1.83 bits per heavy atom. The van der Waals surface area contributed by atoms with E-state index in [0.29, 0.717) is 0 Å². The normalized spacial score (nSPS) is 14.2. The zero-order valence-electron chi connectivity index (χ0n) is 13.8. The van der Waals surface area contributed by atoms with Crippen LogP contribution < -0.4 is 10.2 Å². The van der Waals surface area contributed by atoms with Crippen molar-refractivity contribution in [2.75, 3.05) is 16.8 Å². The molecule has 124 valence electrons. The van der Waals surface area contributed by atoms with Gasteiger partial charge in [0.2, 0.25) is 11.8 Å². The van der Waals surface area contributed by atoms with Crippen LogP contribution in [0.3, 0.4) is 0 Å². The van der Waals surface area contributed by atoms with E-state index in [1.54, 1.807) is 0 Å².